The van der Waals surface area contributed by atoms with E-state index in [0.29, 0.717) is 35.9 Å². The van der Waals surface area contributed by atoms with Crippen molar-refractivity contribution in [3.05, 3.63) is 58.2 Å². The van der Waals surface area contributed by atoms with Crippen LogP contribution in [0.1, 0.15) is 95.6 Å². The van der Waals surface area contributed by atoms with Crippen LogP contribution in [0.3, 0.4) is 0 Å². The molecule has 0 aliphatic heterocycles. The minimum absolute atomic E-state index is 0.0128. The van der Waals surface area contributed by atoms with Crippen LogP contribution in [0.2, 0.25) is 0 Å². The van der Waals surface area contributed by atoms with Gasteiger partial charge in [-0.25, -0.2) is 0 Å². The highest BCUT2D eigenvalue weighted by Crippen LogP contribution is 2.63. The molecule has 1 aromatic rings. The molecule has 0 amide bonds. The Morgan fingerprint density at radius 2 is 1.91 bits per heavy atom. The number of aliphatic hydroxyl groups excluding tert-OH is 1. The van der Waals surface area contributed by atoms with Gasteiger partial charge in [0.05, 0.1) is 6.10 Å². The van der Waals surface area contributed by atoms with Gasteiger partial charge in [0.25, 0.3) is 0 Å². The van der Waals surface area contributed by atoms with E-state index in [0.717, 1.165) is 38.5 Å². The van der Waals surface area contributed by atoms with Crippen LogP contribution in [-0.4, -0.2) is 17.0 Å². The SMILES string of the molecule is C#CC.CC(C)c1cccc(C2CC3(C)C(O)CCC3C3CCC4=CC(=O)CCC4=C23)c1. The molecule has 32 heavy (non-hydrogen) atoms. The summed E-state index contributed by atoms with van der Waals surface area (Å²) in [4.78, 5) is 12.1. The number of allylic oxidation sites excluding steroid dienone is 4. The van der Waals surface area contributed by atoms with Gasteiger partial charge in [-0.1, -0.05) is 50.6 Å². The van der Waals surface area contributed by atoms with Crippen LogP contribution in [0.25, 0.3) is 0 Å². The van der Waals surface area contributed by atoms with Gasteiger partial charge in [0.15, 0.2) is 5.78 Å². The van der Waals surface area contributed by atoms with Gasteiger partial charge in [-0.05, 0) is 97.0 Å². The molecular formula is C30H38O2. The maximum absolute atomic E-state index is 12.1. The van der Waals surface area contributed by atoms with Crippen LogP contribution < -0.4 is 0 Å². The maximum atomic E-state index is 12.1. The number of ketones is 1. The summed E-state index contributed by atoms with van der Waals surface area (Å²) in [7, 11) is 0. The van der Waals surface area contributed by atoms with Crippen molar-refractivity contribution in [2.45, 2.75) is 90.6 Å². The van der Waals surface area contributed by atoms with Gasteiger partial charge >= 0.3 is 0 Å². The minimum atomic E-state index is -0.181. The van der Waals surface area contributed by atoms with Crippen molar-refractivity contribution in [2.24, 2.45) is 17.3 Å². The molecule has 0 bridgehead atoms. The zero-order valence-electron chi connectivity index (χ0n) is 20.2. The topological polar surface area (TPSA) is 37.3 Å². The quantitative estimate of drug-likeness (QED) is 0.529. The molecule has 0 spiro atoms. The van der Waals surface area contributed by atoms with Crippen LogP contribution >= 0.6 is 0 Å². The summed E-state index contributed by atoms with van der Waals surface area (Å²) in [6.45, 7) is 8.53. The number of hydrogen-bond acceptors (Lipinski definition) is 2. The molecule has 1 aromatic carbocycles. The number of carbonyl (C=O) groups is 1. The van der Waals surface area contributed by atoms with Crippen molar-refractivity contribution in [3.63, 3.8) is 0 Å². The Kier molecular flexibility index (Phi) is 6.51. The normalized spacial score (nSPS) is 33.4. The molecule has 0 heterocycles. The third-order valence-corrected chi connectivity index (χ3v) is 8.66. The first kappa shape index (κ1) is 23.1. The highest BCUT2D eigenvalue weighted by Gasteiger charge is 2.56. The molecule has 170 valence electrons. The number of hydrogen-bond donors (Lipinski definition) is 1. The molecule has 4 aliphatic carbocycles. The van der Waals surface area contributed by atoms with Crippen LogP contribution in [0, 0.1) is 29.6 Å². The molecule has 5 rings (SSSR count). The fourth-order valence-electron chi connectivity index (χ4n) is 7.07. The molecule has 2 heteroatoms. The third-order valence-electron chi connectivity index (χ3n) is 8.66. The lowest BCUT2D eigenvalue weighted by Crippen LogP contribution is -2.45. The Labute approximate surface area is 194 Å². The highest BCUT2D eigenvalue weighted by atomic mass is 16.3. The van der Waals surface area contributed by atoms with Gasteiger partial charge in [0.2, 0.25) is 0 Å². The second-order valence-electron chi connectivity index (χ2n) is 10.8. The average molecular weight is 431 g/mol. The third kappa shape index (κ3) is 3.90. The van der Waals surface area contributed by atoms with E-state index in [-0.39, 0.29) is 11.5 Å². The van der Waals surface area contributed by atoms with Gasteiger partial charge in [-0.3, -0.25) is 4.79 Å². The molecule has 2 fully saturated rings. The van der Waals surface area contributed by atoms with Crippen molar-refractivity contribution in [2.75, 3.05) is 0 Å². The first-order valence-electron chi connectivity index (χ1n) is 12.4. The Balaban J connectivity index is 0.000000775. The zero-order valence-corrected chi connectivity index (χ0v) is 20.2. The summed E-state index contributed by atoms with van der Waals surface area (Å²) >= 11 is 0. The van der Waals surface area contributed by atoms with Crippen LogP contribution in [0.5, 0.6) is 0 Å². The van der Waals surface area contributed by atoms with Gasteiger partial charge in [0, 0.05) is 12.3 Å². The van der Waals surface area contributed by atoms with Crippen molar-refractivity contribution in [1.82, 2.24) is 0 Å². The minimum Gasteiger partial charge on any atom is -0.393 e. The van der Waals surface area contributed by atoms with Gasteiger partial charge in [-0.2, -0.15) is 0 Å². The van der Waals surface area contributed by atoms with Crippen molar-refractivity contribution in [1.29, 1.82) is 0 Å². The molecule has 5 atom stereocenters. The van der Waals surface area contributed by atoms with Gasteiger partial charge in [0.1, 0.15) is 0 Å². The Morgan fingerprint density at radius 3 is 2.62 bits per heavy atom. The van der Waals surface area contributed by atoms with E-state index in [2.05, 4.69) is 57.4 Å². The fourth-order valence-corrected chi connectivity index (χ4v) is 7.07. The zero-order chi connectivity index (χ0) is 23.0. The van der Waals surface area contributed by atoms with Crippen molar-refractivity contribution >= 4 is 5.78 Å². The molecule has 0 saturated heterocycles. The summed E-state index contributed by atoms with van der Waals surface area (Å²) in [5, 5.41) is 11.0. The van der Waals surface area contributed by atoms with E-state index in [1.165, 1.54) is 22.3 Å². The van der Waals surface area contributed by atoms with E-state index < -0.39 is 0 Å². The van der Waals surface area contributed by atoms with Gasteiger partial charge in [-0.15, -0.1) is 12.3 Å². The molecule has 4 aliphatic rings. The summed E-state index contributed by atoms with van der Waals surface area (Å²) < 4.78 is 0. The number of terminal acetylenes is 1. The number of rotatable bonds is 2. The summed E-state index contributed by atoms with van der Waals surface area (Å²) in [6.07, 6.45) is 13.3. The predicted octanol–water partition coefficient (Wildman–Crippen LogP) is 6.71. The maximum Gasteiger partial charge on any atom is 0.156 e. The lowest BCUT2D eigenvalue weighted by Gasteiger charge is -2.52. The van der Waals surface area contributed by atoms with Crippen molar-refractivity contribution < 1.29 is 9.90 Å². The lowest BCUT2D eigenvalue weighted by molar-refractivity contribution is -0.114. The van der Waals surface area contributed by atoms with Crippen LogP contribution in [0.4, 0.5) is 0 Å². The standard InChI is InChI=1S/C27H34O2.C3H4/c1-16(2)17-5-4-6-18(13-17)23-15-27(3)24(11-12-25(27)29)22-9-7-19-14-20(28)8-10-21(19)26(22)23;1-3-2/h4-6,13-14,16,22-25,29H,7-12,15H2,1-3H3;1H,2H3. The number of benzene rings is 1. The summed E-state index contributed by atoms with van der Waals surface area (Å²) in [5.74, 6) is 4.60. The molecule has 1 N–H and O–H groups in total. The first-order valence-corrected chi connectivity index (χ1v) is 12.4. The lowest BCUT2D eigenvalue weighted by atomic mass is 9.53. The molecule has 2 saturated carbocycles. The number of carbonyl (C=O) groups excluding carboxylic acids is 1. The first-order chi connectivity index (χ1) is 15.3. The Morgan fingerprint density at radius 1 is 1.16 bits per heavy atom. The molecular weight excluding hydrogens is 392 g/mol. The van der Waals surface area contributed by atoms with E-state index in [1.54, 1.807) is 12.5 Å². The summed E-state index contributed by atoms with van der Waals surface area (Å²) in [6, 6.07) is 9.18. The molecule has 2 nitrogen and oxygen atoms in total. The van der Waals surface area contributed by atoms with E-state index in [9.17, 15) is 9.90 Å². The largest absolute Gasteiger partial charge is 0.393 e. The highest BCUT2D eigenvalue weighted by molar-refractivity contribution is 5.93. The second kappa shape index (κ2) is 9.03. The second-order valence-corrected chi connectivity index (χ2v) is 10.8. The Bertz CT molecular complexity index is 988. The smallest absolute Gasteiger partial charge is 0.156 e. The number of fused-ring (bicyclic) bond motifs is 4. The van der Waals surface area contributed by atoms with E-state index >= 15 is 0 Å². The van der Waals surface area contributed by atoms with Gasteiger partial charge < -0.3 is 5.11 Å². The van der Waals surface area contributed by atoms with Crippen LogP contribution in [-0.2, 0) is 4.79 Å². The molecule has 0 aromatic heterocycles. The van der Waals surface area contributed by atoms with E-state index in [4.69, 9.17) is 0 Å². The monoisotopic (exact) mass is 430 g/mol. The average Bonchev–Trinajstić information content (AvgIpc) is 3.07. The summed E-state index contributed by atoms with van der Waals surface area (Å²) in [5.41, 5.74) is 7.28. The molecule has 5 unspecified atom stereocenters. The fraction of sp³-hybridized carbons (Fsp3) is 0.567. The van der Waals surface area contributed by atoms with Crippen molar-refractivity contribution in [3.8, 4) is 12.3 Å². The van der Waals surface area contributed by atoms with Crippen LogP contribution in [0.15, 0.2) is 47.1 Å². The predicted molar refractivity (Wildman–Crippen MR) is 131 cm³/mol. The van der Waals surface area contributed by atoms with E-state index in [1.807, 2.05) is 6.08 Å². The molecule has 0 radical (unpaired) electrons. The number of aliphatic hydroxyl groups is 1. The Hall–Kier alpha value is -2.11.